The predicted octanol–water partition coefficient (Wildman–Crippen LogP) is 1.14. The number of hydrogen-bond acceptors (Lipinski definition) is 7. The van der Waals surface area contributed by atoms with Crippen LogP contribution in [0.15, 0.2) is 12.4 Å². The molecule has 1 aromatic rings. The number of aromatic nitrogens is 2. The van der Waals surface area contributed by atoms with E-state index < -0.39 is 24.1 Å². The van der Waals surface area contributed by atoms with Gasteiger partial charge in [0.25, 0.3) is 0 Å². The van der Waals surface area contributed by atoms with Gasteiger partial charge in [0.15, 0.2) is 5.82 Å². The third-order valence-corrected chi connectivity index (χ3v) is 4.55. The second kappa shape index (κ2) is 10.5. The number of nitrogens with zero attached hydrogens (tertiary/aromatic N) is 3. The van der Waals surface area contributed by atoms with E-state index in [0.29, 0.717) is 25.5 Å². The molecule has 0 bridgehead atoms. The smallest absolute Gasteiger partial charge is 0.475 e. The highest BCUT2D eigenvalue weighted by Gasteiger charge is 2.42. The first kappa shape index (κ1) is 23.7. The molecule has 1 amide bonds. The van der Waals surface area contributed by atoms with Crippen molar-refractivity contribution in [2.75, 3.05) is 31.7 Å². The van der Waals surface area contributed by atoms with Gasteiger partial charge in [0, 0.05) is 20.2 Å². The fourth-order valence-corrected chi connectivity index (χ4v) is 3.21. The summed E-state index contributed by atoms with van der Waals surface area (Å²) >= 11 is 0. The first-order chi connectivity index (χ1) is 14.1. The largest absolute Gasteiger partial charge is 0.490 e. The van der Waals surface area contributed by atoms with Crippen molar-refractivity contribution in [3.05, 3.63) is 18.2 Å². The number of carboxylic acid groups (broad SMARTS) is 1. The van der Waals surface area contributed by atoms with Gasteiger partial charge in [-0.25, -0.2) is 19.2 Å². The van der Waals surface area contributed by atoms with Crippen molar-refractivity contribution >= 4 is 17.8 Å². The molecule has 0 saturated carbocycles. The van der Waals surface area contributed by atoms with E-state index in [1.54, 1.807) is 7.11 Å². The highest BCUT2D eigenvalue weighted by atomic mass is 19.4. The van der Waals surface area contributed by atoms with Gasteiger partial charge in [-0.2, -0.15) is 13.2 Å². The standard InChI is InChI=1S/C15H21FN4O3.C2HF3O2/c1-22-7-5-17-14(21)13-3-2-11-12(23-13)4-6-20(11)15-18-8-10(16)9-19-15;3-2(4,5)1(6)7/h8-9,11-13H,2-7H2,1H3,(H,17,21);(H,6,7)/t11-,12-,13-;/m1./s1. The molecule has 2 saturated heterocycles. The van der Waals surface area contributed by atoms with E-state index >= 15 is 0 Å². The molecular formula is C17H22F4N4O5. The average molecular weight is 438 g/mol. The highest BCUT2D eigenvalue weighted by Crippen LogP contribution is 2.33. The van der Waals surface area contributed by atoms with E-state index in [-0.39, 0.29) is 18.1 Å². The summed E-state index contributed by atoms with van der Waals surface area (Å²) in [6, 6.07) is 0.142. The van der Waals surface area contributed by atoms with Crippen molar-refractivity contribution < 1.29 is 41.7 Å². The fraction of sp³-hybridized carbons (Fsp3) is 0.647. The van der Waals surface area contributed by atoms with E-state index in [1.807, 2.05) is 4.90 Å². The number of alkyl halides is 3. The molecule has 3 atom stereocenters. The van der Waals surface area contributed by atoms with E-state index in [0.717, 1.165) is 19.4 Å². The first-order valence-electron chi connectivity index (χ1n) is 9.10. The minimum atomic E-state index is -5.08. The summed E-state index contributed by atoms with van der Waals surface area (Å²) in [5.74, 6) is -2.77. The average Bonchev–Trinajstić information content (AvgIpc) is 3.11. The van der Waals surface area contributed by atoms with Crippen molar-refractivity contribution in [3.63, 3.8) is 0 Å². The second-order valence-corrected chi connectivity index (χ2v) is 6.58. The van der Waals surface area contributed by atoms with Crippen molar-refractivity contribution in [2.24, 2.45) is 0 Å². The molecule has 9 nitrogen and oxygen atoms in total. The normalized spacial score (nSPS) is 23.2. The Bertz CT molecular complexity index is 719. The van der Waals surface area contributed by atoms with Crippen molar-refractivity contribution in [3.8, 4) is 0 Å². The zero-order valence-electron chi connectivity index (χ0n) is 16.1. The first-order valence-corrected chi connectivity index (χ1v) is 9.10. The quantitative estimate of drug-likeness (QED) is 0.520. The minimum Gasteiger partial charge on any atom is -0.475 e. The van der Waals surface area contributed by atoms with Gasteiger partial charge in [-0.05, 0) is 19.3 Å². The Hall–Kier alpha value is -2.54. The molecule has 0 spiro atoms. The van der Waals surface area contributed by atoms with Gasteiger partial charge in [0.1, 0.15) is 6.10 Å². The van der Waals surface area contributed by atoms with Crippen molar-refractivity contribution in [1.82, 2.24) is 15.3 Å². The number of amides is 1. The SMILES string of the molecule is COCCNC(=O)[C@H]1CC[C@@H]2[C@@H](CCN2c2ncc(F)cn2)O1.O=C(O)C(F)(F)F. The second-order valence-electron chi connectivity index (χ2n) is 6.58. The number of anilines is 1. The molecular weight excluding hydrogens is 416 g/mol. The van der Waals surface area contributed by atoms with E-state index in [1.165, 1.54) is 12.4 Å². The number of carboxylic acids is 1. The number of halogens is 4. The third-order valence-electron chi connectivity index (χ3n) is 4.55. The zero-order valence-corrected chi connectivity index (χ0v) is 16.1. The van der Waals surface area contributed by atoms with Crippen LogP contribution in [0.1, 0.15) is 19.3 Å². The van der Waals surface area contributed by atoms with E-state index in [2.05, 4.69) is 15.3 Å². The Kier molecular flexibility index (Phi) is 8.29. The lowest BCUT2D eigenvalue weighted by atomic mass is 9.99. The molecule has 168 valence electrons. The molecule has 30 heavy (non-hydrogen) atoms. The van der Waals surface area contributed by atoms with Crippen LogP contribution in [0.5, 0.6) is 0 Å². The van der Waals surface area contributed by atoms with Gasteiger partial charge in [-0.1, -0.05) is 0 Å². The van der Waals surface area contributed by atoms with Crippen LogP contribution in [-0.2, 0) is 19.1 Å². The van der Waals surface area contributed by atoms with Crippen LogP contribution >= 0.6 is 0 Å². The summed E-state index contributed by atoms with van der Waals surface area (Å²) in [5, 5.41) is 9.94. The summed E-state index contributed by atoms with van der Waals surface area (Å²) in [6.45, 7) is 1.72. The summed E-state index contributed by atoms with van der Waals surface area (Å²) in [5.41, 5.74) is 0. The van der Waals surface area contributed by atoms with Gasteiger partial charge >= 0.3 is 12.1 Å². The molecule has 0 unspecified atom stereocenters. The van der Waals surface area contributed by atoms with Gasteiger partial charge in [-0.15, -0.1) is 0 Å². The van der Waals surface area contributed by atoms with Crippen LogP contribution in [0.25, 0.3) is 0 Å². The number of carbonyl (C=O) groups is 2. The number of nitrogens with one attached hydrogen (secondary N) is 1. The number of ether oxygens (including phenoxy) is 2. The lowest BCUT2D eigenvalue weighted by molar-refractivity contribution is -0.192. The van der Waals surface area contributed by atoms with Crippen LogP contribution in [0, 0.1) is 5.82 Å². The van der Waals surface area contributed by atoms with E-state index in [4.69, 9.17) is 19.4 Å². The summed E-state index contributed by atoms with van der Waals surface area (Å²) in [7, 11) is 1.60. The summed E-state index contributed by atoms with van der Waals surface area (Å²) in [4.78, 5) is 31.1. The zero-order chi connectivity index (χ0) is 22.3. The van der Waals surface area contributed by atoms with Gasteiger partial charge < -0.3 is 24.8 Å². The number of fused-ring (bicyclic) bond motifs is 1. The topological polar surface area (TPSA) is 114 Å². The maximum absolute atomic E-state index is 13.0. The Morgan fingerprint density at radius 1 is 1.30 bits per heavy atom. The van der Waals surface area contributed by atoms with Crippen LogP contribution in [-0.4, -0.2) is 78.2 Å². The van der Waals surface area contributed by atoms with Gasteiger partial charge in [-0.3, -0.25) is 4.79 Å². The number of hydrogen-bond donors (Lipinski definition) is 2. The summed E-state index contributed by atoms with van der Waals surface area (Å²) in [6.07, 6.45) is -0.882. The molecule has 3 heterocycles. The van der Waals surface area contributed by atoms with E-state index in [9.17, 15) is 22.4 Å². The Morgan fingerprint density at radius 3 is 2.50 bits per heavy atom. The molecule has 2 aliphatic rings. The number of methoxy groups -OCH3 is 1. The van der Waals surface area contributed by atoms with Crippen molar-refractivity contribution in [1.29, 1.82) is 0 Å². The van der Waals surface area contributed by atoms with Crippen LogP contribution in [0.4, 0.5) is 23.5 Å². The minimum absolute atomic E-state index is 0.0180. The lowest BCUT2D eigenvalue weighted by Crippen LogP contribution is -2.48. The lowest BCUT2D eigenvalue weighted by Gasteiger charge is -2.35. The molecule has 13 heteroatoms. The van der Waals surface area contributed by atoms with Gasteiger partial charge in [0.05, 0.1) is 31.1 Å². The monoisotopic (exact) mass is 438 g/mol. The molecule has 0 aromatic carbocycles. The molecule has 3 rings (SSSR count). The predicted molar refractivity (Wildman–Crippen MR) is 94.2 cm³/mol. The van der Waals surface area contributed by atoms with Crippen LogP contribution < -0.4 is 10.2 Å². The van der Waals surface area contributed by atoms with Crippen molar-refractivity contribution in [2.45, 2.75) is 43.7 Å². The maximum Gasteiger partial charge on any atom is 0.490 e. The van der Waals surface area contributed by atoms with Crippen LogP contribution in [0.3, 0.4) is 0 Å². The van der Waals surface area contributed by atoms with Gasteiger partial charge in [0.2, 0.25) is 11.9 Å². The fourth-order valence-electron chi connectivity index (χ4n) is 3.21. The Balaban J connectivity index is 0.000000396. The Morgan fingerprint density at radius 2 is 1.93 bits per heavy atom. The molecule has 0 radical (unpaired) electrons. The summed E-state index contributed by atoms with van der Waals surface area (Å²) < 4.78 is 55.6. The van der Waals surface area contributed by atoms with Crippen LogP contribution in [0.2, 0.25) is 0 Å². The number of rotatable bonds is 5. The molecule has 2 aliphatic heterocycles. The maximum atomic E-state index is 13.0. The third kappa shape index (κ3) is 6.49. The molecule has 2 fully saturated rings. The number of aliphatic carboxylic acids is 1. The Labute approximate surface area is 169 Å². The molecule has 1 aromatic heterocycles. The number of carbonyl (C=O) groups excluding carboxylic acids is 1. The molecule has 2 N–H and O–H groups in total. The molecule has 0 aliphatic carbocycles. The highest BCUT2D eigenvalue weighted by molar-refractivity contribution is 5.80.